The molecule has 0 bridgehead atoms. The summed E-state index contributed by atoms with van der Waals surface area (Å²) >= 11 is 0. The summed E-state index contributed by atoms with van der Waals surface area (Å²) in [5.41, 5.74) is 0.677. The predicted molar refractivity (Wildman–Crippen MR) is 115 cm³/mol. The number of rotatable bonds is 5. The zero-order valence-corrected chi connectivity index (χ0v) is 17.9. The Morgan fingerprint density at radius 2 is 1.53 bits per heavy atom. The van der Waals surface area contributed by atoms with Gasteiger partial charge < -0.3 is 4.74 Å². The van der Waals surface area contributed by atoms with E-state index in [1.54, 1.807) is 12.1 Å². The molecule has 0 amide bonds. The highest BCUT2D eigenvalue weighted by Gasteiger charge is 2.31. The average Bonchev–Trinajstić information content (AvgIpc) is 2.73. The molecule has 0 spiro atoms. The largest absolute Gasteiger partial charge is 0.573 e. The molecule has 0 radical (unpaired) electrons. The molecule has 2 aliphatic carbocycles. The van der Waals surface area contributed by atoms with Gasteiger partial charge in [0.1, 0.15) is 5.75 Å². The molecule has 1 aromatic carbocycles. The summed E-state index contributed by atoms with van der Waals surface area (Å²) in [5.74, 6) is 9.23. The quantitative estimate of drug-likeness (QED) is 0.442. The molecule has 0 unspecified atom stereocenters. The first kappa shape index (κ1) is 22.8. The molecular formula is C26H33F3O. The van der Waals surface area contributed by atoms with Crippen molar-refractivity contribution in [3.63, 3.8) is 0 Å². The van der Waals surface area contributed by atoms with Gasteiger partial charge >= 0.3 is 6.36 Å². The van der Waals surface area contributed by atoms with Crippen molar-refractivity contribution >= 4 is 0 Å². The van der Waals surface area contributed by atoms with Gasteiger partial charge in [-0.1, -0.05) is 50.5 Å². The lowest BCUT2D eigenvalue weighted by molar-refractivity contribution is -0.274. The first-order chi connectivity index (χ1) is 14.4. The molecule has 0 heterocycles. The van der Waals surface area contributed by atoms with Gasteiger partial charge in [0.25, 0.3) is 0 Å². The van der Waals surface area contributed by atoms with E-state index < -0.39 is 6.36 Å². The lowest BCUT2D eigenvalue weighted by atomic mass is 9.69. The molecule has 30 heavy (non-hydrogen) atoms. The van der Waals surface area contributed by atoms with E-state index in [1.807, 2.05) is 6.08 Å². The monoisotopic (exact) mass is 418 g/mol. The number of hydrogen-bond donors (Lipinski definition) is 0. The molecule has 0 aromatic heterocycles. The SMILES string of the molecule is CCCC1CCC(C2CCC(/C=C/C#Cc3ccc(OC(F)(F)F)cc3)CC2)CC1. The third kappa shape index (κ3) is 7.42. The molecule has 1 aromatic rings. The highest BCUT2D eigenvalue weighted by molar-refractivity contribution is 5.40. The number of alkyl halides is 3. The lowest BCUT2D eigenvalue weighted by Gasteiger charge is -2.37. The molecule has 0 atom stereocenters. The molecule has 2 saturated carbocycles. The summed E-state index contributed by atoms with van der Waals surface area (Å²) in [5, 5.41) is 0. The van der Waals surface area contributed by atoms with Gasteiger partial charge in [-0.3, -0.25) is 0 Å². The number of halogens is 3. The minimum Gasteiger partial charge on any atom is -0.406 e. The Labute approximate surface area is 179 Å². The topological polar surface area (TPSA) is 9.23 Å². The van der Waals surface area contributed by atoms with E-state index in [0.29, 0.717) is 11.5 Å². The highest BCUT2D eigenvalue weighted by Crippen LogP contribution is 2.42. The Bertz CT molecular complexity index is 722. The van der Waals surface area contributed by atoms with E-state index in [4.69, 9.17) is 0 Å². The van der Waals surface area contributed by atoms with Gasteiger partial charge in [0.15, 0.2) is 0 Å². The van der Waals surface area contributed by atoms with E-state index in [2.05, 4.69) is 29.6 Å². The summed E-state index contributed by atoms with van der Waals surface area (Å²) in [6, 6.07) is 5.67. The minimum absolute atomic E-state index is 0.223. The van der Waals surface area contributed by atoms with Crippen LogP contribution >= 0.6 is 0 Å². The lowest BCUT2D eigenvalue weighted by Crippen LogP contribution is -2.25. The zero-order chi connectivity index (χ0) is 21.4. The van der Waals surface area contributed by atoms with E-state index >= 15 is 0 Å². The number of ether oxygens (including phenoxy) is 1. The van der Waals surface area contributed by atoms with Crippen LogP contribution in [0.3, 0.4) is 0 Å². The minimum atomic E-state index is -4.66. The van der Waals surface area contributed by atoms with Crippen LogP contribution in [0, 0.1) is 35.5 Å². The van der Waals surface area contributed by atoms with Crippen LogP contribution in [0.5, 0.6) is 5.75 Å². The summed E-state index contributed by atoms with van der Waals surface area (Å²) < 4.78 is 40.4. The van der Waals surface area contributed by atoms with Crippen LogP contribution in [0.2, 0.25) is 0 Å². The maximum absolute atomic E-state index is 12.2. The van der Waals surface area contributed by atoms with Gasteiger partial charge in [-0.05, 0) is 92.5 Å². The molecule has 4 heteroatoms. The fourth-order valence-electron chi connectivity index (χ4n) is 5.21. The van der Waals surface area contributed by atoms with Crippen molar-refractivity contribution in [1.29, 1.82) is 0 Å². The Morgan fingerprint density at radius 1 is 0.933 bits per heavy atom. The van der Waals surface area contributed by atoms with Crippen molar-refractivity contribution in [1.82, 2.24) is 0 Å². The van der Waals surface area contributed by atoms with Crippen LogP contribution < -0.4 is 4.74 Å². The summed E-state index contributed by atoms with van der Waals surface area (Å²) in [4.78, 5) is 0. The van der Waals surface area contributed by atoms with Gasteiger partial charge in [0, 0.05) is 5.56 Å². The van der Waals surface area contributed by atoms with Crippen LogP contribution in [-0.2, 0) is 0 Å². The number of hydrogen-bond acceptors (Lipinski definition) is 1. The summed E-state index contributed by atoms with van der Waals surface area (Å²) in [7, 11) is 0. The van der Waals surface area contributed by atoms with Crippen molar-refractivity contribution in [2.45, 2.75) is 77.5 Å². The van der Waals surface area contributed by atoms with E-state index in [1.165, 1.54) is 76.3 Å². The van der Waals surface area contributed by atoms with Gasteiger partial charge in [0.05, 0.1) is 0 Å². The predicted octanol–water partition coefficient (Wildman–Crippen LogP) is 7.91. The van der Waals surface area contributed by atoms with Crippen LogP contribution in [-0.4, -0.2) is 6.36 Å². The zero-order valence-electron chi connectivity index (χ0n) is 17.9. The molecule has 2 aliphatic rings. The van der Waals surface area contributed by atoms with E-state index in [9.17, 15) is 13.2 Å². The molecule has 3 rings (SSSR count). The first-order valence-electron chi connectivity index (χ1n) is 11.5. The van der Waals surface area contributed by atoms with Crippen LogP contribution in [0.25, 0.3) is 0 Å². The summed E-state index contributed by atoms with van der Waals surface area (Å²) in [6.07, 6.45) is 13.1. The Hall–Kier alpha value is -1.89. The second kappa shape index (κ2) is 10.9. The van der Waals surface area contributed by atoms with Crippen molar-refractivity contribution in [3.05, 3.63) is 42.0 Å². The number of allylic oxidation sites excluding steroid dienone is 2. The molecule has 0 aliphatic heterocycles. The fraction of sp³-hybridized carbons (Fsp3) is 0.615. The van der Waals surface area contributed by atoms with Crippen LogP contribution in [0.1, 0.15) is 76.7 Å². The number of benzene rings is 1. The molecule has 1 nitrogen and oxygen atoms in total. The van der Waals surface area contributed by atoms with Crippen molar-refractivity contribution in [3.8, 4) is 17.6 Å². The second-order valence-electron chi connectivity index (χ2n) is 8.94. The average molecular weight is 419 g/mol. The molecule has 0 N–H and O–H groups in total. The first-order valence-corrected chi connectivity index (χ1v) is 11.5. The van der Waals surface area contributed by atoms with Gasteiger partial charge in [-0.2, -0.15) is 0 Å². The van der Waals surface area contributed by atoms with Gasteiger partial charge in [-0.15, -0.1) is 13.2 Å². The van der Waals surface area contributed by atoms with E-state index in [-0.39, 0.29) is 5.75 Å². The van der Waals surface area contributed by atoms with Crippen LogP contribution in [0.4, 0.5) is 13.2 Å². The Kier molecular flexibility index (Phi) is 8.31. The smallest absolute Gasteiger partial charge is 0.406 e. The van der Waals surface area contributed by atoms with Crippen LogP contribution in [0.15, 0.2) is 36.4 Å². The fourth-order valence-corrected chi connectivity index (χ4v) is 5.21. The Morgan fingerprint density at radius 3 is 2.10 bits per heavy atom. The van der Waals surface area contributed by atoms with Gasteiger partial charge in [0.2, 0.25) is 0 Å². The summed E-state index contributed by atoms with van der Waals surface area (Å²) in [6.45, 7) is 2.30. The van der Waals surface area contributed by atoms with Crippen molar-refractivity contribution in [2.75, 3.05) is 0 Å². The Balaban J connectivity index is 1.39. The van der Waals surface area contributed by atoms with Gasteiger partial charge in [-0.25, -0.2) is 0 Å². The third-order valence-electron chi connectivity index (χ3n) is 6.83. The molecule has 164 valence electrons. The molecule has 0 saturated heterocycles. The molecule has 2 fully saturated rings. The maximum atomic E-state index is 12.2. The normalized spacial score (nSPS) is 27.5. The highest BCUT2D eigenvalue weighted by atomic mass is 19.4. The molecular weight excluding hydrogens is 385 g/mol. The third-order valence-corrected chi connectivity index (χ3v) is 6.83. The van der Waals surface area contributed by atoms with Crippen molar-refractivity contribution in [2.24, 2.45) is 23.7 Å². The van der Waals surface area contributed by atoms with E-state index in [0.717, 1.165) is 17.8 Å². The second-order valence-corrected chi connectivity index (χ2v) is 8.94. The standard InChI is InChI=1S/C26H33F3O/c1-2-5-20-8-14-23(15-9-20)24-16-10-21(11-17-24)6-3-4-7-22-12-18-25(19-13-22)30-26(27,28)29/h3,6,12-13,18-21,23-24H,2,5,8-11,14-17H2,1H3/b6-3+. The van der Waals surface area contributed by atoms with Crippen molar-refractivity contribution < 1.29 is 17.9 Å². The maximum Gasteiger partial charge on any atom is 0.573 e.